The molecule has 190 valence electrons. The van der Waals surface area contributed by atoms with Crippen molar-refractivity contribution in [3.63, 3.8) is 0 Å². The predicted octanol–water partition coefficient (Wildman–Crippen LogP) is 5.39. The lowest BCUT2D eigenvalue weighted by molar-refractivity contribution is -0.158. The van der Waals surface area contributed by atoms with E-state index in [1.54, 1.807) is 4.90 Å². The quantitative estimate of drug-likeness (QED) is 0.387. The Bertz CT molecular complexity index is 1080. The van der Waals surface area contributed by atoms with Crippen LogP contribution in [0.3, 0.4) is 0 Å². The van der Waals surface area contributed by atoms with Crippen LogP contribution in [0.5, 0.6) is 0 Å². The van der Waals surface area contributed by atoms with Crippen LogP contribution in [0.4, 0.5) is 4.79 Å². The second-order valence-electron chi connectivity index (χ2n) is 9.83. The van der Waals surface area contributed by atoms with Gasteiger partial charge in [-0.1, -0.05) is 91.0 Å². The van der Waals surface area contributed by atoms with Gasteiger partial charge >= 0.3 is 12.1 Å². The molecule has 36 heavy (non-hydrogen) atoms. The summed E-state index contributed by atoms with van der Waals surface area (Å²) in [7, 11) is 0. The molecule has 0 fully saturated rings. The maximum atomic E-state index is 13.2. The van der Waals surface area contributed by atoms with Gasteiger partial charge in [0.1, 0.15) is 12.2 Å². The van der Waals surface area contributed by atoms with E-state index in [1.807, 2.05) is 112 Å². The van der Waals surface area contributed by atoms with Crippen molar-refractivity contribution in [3.8, 4) is 0 Å². The zero-order valence-corrected chi connectivity index (χ0v) is 21.2. The Kier molecular flexibility index (Phi) is 9.65. The molecule has 6 nitrogen and oxygen atoms in total. The summed E-state index contributed by atoms with van der Waals surface area (Å²) < 4.78 is 11.1. The van der Waals surface area contributed by atoms with E-state index in [0.717, 1.165) is 16.7 Å². The third-order valence-electron chi connectivity index (χ3n) is 5.58. The Hall–Kier alpha value is -3.64. The van der Waals surface area contributed by atoms with Crippen LogP contribution in [0.15, 0.2) is 91.0 Å². The molecule has 0 saturated carbocycles. The topological polar surface area (TPSA) is 76.1 Å². The van der Waals surface area contributed by atoms with E-state index in [2.05, 4.69) is 0 Å². The molecule has 3 rings (SSSR count). The number of ether oxygens (including phenoxy) is 2. The minimum atomic E-state index is -1.42. The van der Waals surface area contributed by atoms with Crippen molar-refractivity contribution in [1.82, 2.24) is 4.90 Å². The van der Waals surface area contributed by atoms with Gasteiger partial charge in [-0.25, -0.2) is 9.59 Å². The molecule has 0 aliphatic heterocycles. The first-order valence-electron chi connectivity index (χ1n) is 12.2. The third-order valence-corrected chi connectivity index (χ3v) is 5.58. The Morgan fingerprint density at radius 1 is 0.806 bits per heavy atom. The number of amides is 1. The van der Waals surface area contributed by atoms with Crippen LogP contribution < -0.4 is 0 Å². The lowest BCUT2D eigenvalue weighted by Crippen LogP contribution is -2.44. The van der Waals surface area contributed by atoms with Crippen molar-refractivity contribution in [1.29, 1.82) is 0 Å². The van der Waals surface area contributed by atoms with Gasteiger partial charge in [0, 0.05) is 19.0 Å². The summed E-state index contributed by atoms with van der Waals surface area (Å²) in [6.45, 7) is 5.89. The van der Waals surface area contributed by atoms with Crippen LogP contribution in [-0.4, -0.2) is 40.3 Å². The van der Waals surface area contributed by atoms with E-state index in [0.29, 0.717) is 6.42 Å². The molecule has 0 unspecified atom stereocenters. The lowest BCUT2D eigenvalue weighted by Gasteiger charge is -2.32. The molecule has 0 saturated heterocycles. The Morgan fingerprint density at radius 3 is 1.83 bits per heavy atom. The number of benzene rings is 3. The first-order chi connectivity index (χ1) is 17.2. The van der Waals surface area contributed by atoms with Gasteiger partial charge in [0.05, 0.1) is 0 Å². The predicted molar refractivity (Wildman–Crippen MR) is 139 cm³/mol. The second kappa shape index (κ2) is 12.9. The van der Waals surface area contributed by atoms with Crippen molar-refractivity contribution in [2.75, 3.05) is 6.54 Å². The second-order valence-corrected chi connectivity index (χ2v) is 9.83. The highest BCUT2D eigenvalue weighted by molar-refractivity contribution is 5.75. The number of esters is 1. The molecular formula is C30H35NO5. The average molecular weight is 490 g/mol. The molecule has 1 N–H and O–H groups in total. The number of carbonyl (C=O) groups excluding carboxylic acids is 2. The van der Waals surface area contributed by atoms with Crippen molar-refractivity contribution in [2.24, 2.45) is 5.92 Å². The van der Waals surface area contributed by atoms with Crippen LogP contribution in [0.2, 0.25) is 0 Å². The zero-order valence-electron chi connectivity index (χ0n) is 21.2. The van der Waals surface area contributed by atoms with Gasteiger partial charge in [-0.05, 0) is 43.9 Å². The third kappa shape index (κ3) is 8.86. The van der Waals surface area contributed by atoms with Crippen LogP contribution in [0.25, 0.3) is 0 Å². The van der Waals surface area contributed by atoms with E-state index in [-0.39, 0.29) is 19.7 Å². The normalized spacial score (nSPS) is 12.9. The van der Waals surface area contributed by atoms with Gasteiger partial charge in [0.25, 0.3) is 0 Å². The summed E-state index contributed by atoms with van der Waals surface area (Å²) in [5, 5.41) is 11.1. The SMILES string of the molecule is CC(C)(C)OC(=O)N(Cc1ccccc1)C[C@@H](Cc1ccccc1)[C@H](O)C(=O)OCc1ccccc1. The number of aliphatic hydroxyl groups excluding tert-OH is 1. The molecular weight excluding hydrogens is 454 g/mol. The Balaban J connectivity index is 1.81. The minimum absolute atomic E-state index is 0.0641. The molecule has 1 amide bonds. The van der Waals surface area contributed by atoms with Crippen molar-refractivity contribution in [2.45, 2.75) is 52.0 Å². The summed E-state index contributed by atoms with van der Waals surface area (Å²) in [5.41, 5.74) is 2.01. The molecule has 0 aromatic heterocycles. The summed E-state index contributed by atoms with van der Waals surface area (Å²) in [4.78, 5) is 27.6. The van der Waals surface area contributed by atoms with Gasteiger partial charge in [-0.3, -0.25) is 0 Å². The van der Waals surface area contributed by atoms with Crippen LogP contribution >= 0.6 is 0 Å². The van der Waals surface area contributed by atoms with Gasteiger partial charge in [-0.2, -0.15) is 0 Å². The molecule has 0 bridgehead atoms. The number of hydrogen-bond donors (Lipinski definition) is 1. The van der Waals surface area contributed by atoms with Gasteiger partial charge in [0.15, 0.2) is 6.10 Å². The highest BCUT2D eigenvalue weighted by Gasteiger charge is 2.32. The fourth-order valence-electron chi connectivity index (χ4n) is 3.82. The number of nitrogens with zero attached hydrogens (tertiary/aromatic N) is 1. The molecule has 0 heterocycles. The average Bonchev–Trinajstić information content (AvgIpc) is 2.86. The number of rotatable bonds is 10. The van der Waals surface area contributed by atoms with Gasteiger partial charge in [0.2, 0.25) is 0 Å². The number of aliphatic hydroxyl groups is 1. The van der Waals surface area contributed by atoms with E-state index in [4.69, 9.17) is 9.47 Å². The van der Waals surface area contributed by atoms with Crippen molar-refractivity contribution >= 4 is 12.1 Å². The molecule has 3 aromatic carbocycles. The number of hydrogen-bond acceptors (Lipinski definition) is 5. The molecule has 0 spiro atoms. The highest BCUT2D eigenvalue weighted by atomic mass is 16.6. The maximum Gasteiger partial charge on any atom is 0.410 e. The van der Waals surface area contributed by atoms with Crippen LogP contribution in [-0.2, 0) is 33.8 Å². The highest BCUT2D eigenvalue weighted by Crippen LogP contribution is 2.20. The standard InChI is InChI=1S/C30H35NO5/c1-30(2,3)36-29(34)31(20-24-15-9-5-10-16-24)21-26(19-23-13-7-4-8-14-23)27(32)28(33)35-22-25-17-11-6-12-18-25/h4-18,26-27,32H,19-22H2,1-3H3/t26-,27+/m1/s1. The molecule has 6 heteroatoms. The summed E-state index contributed by atoms with van der Waals surface area (Å²) in [5.74, 6) is -1.32. The largest absolute Gasteiger partial charge is 0.459 e. The van der Waals surface area contributed by atoms with Gasteiger partial charge < -0.3 is 19.5 Å². The first kappa shape index (κ1) is 27.0. The van der Waals surface area contributed by atoms with Crippen LogP contribution in [0.1, 0.15) is 37.5 Å². The molecule has 0 aliphatic carbocycles. The van der Waals surface area contributed by atoms with Crippen molar-refractivity contribution < 1.29 is 24.2 Å². The molecule has 3 aromatic rings. The fourth-order valence-corrected chi connectivity index (χ4v) is 3.82. The molecule has 2 atom stereocenters. The lowest BCUT2D eigenvalue weighted by atomic mass is 9.93. The monoisotopic (exact) mass is 489 g/mol. The summed E-state index contributed by atoms with van der Waals surface area (Å²) in [6, 6.07) is 28.5. The summed E-state index contributed by atoms with van der Waals surface area (Å²) in [6.07, 6.45) is -1.54. The first-order valence-corrected chi connectivity index (χ1v) is 12.2. The van der Waals surface area contributed by atoms with E-state index in [9.17, 15) is 14.7 Å². The smallest absolute Gasteiger partial charge is 0.410 e. The van der Waals surface area contributed by atoms with E-state index >= 15 is 0 Å². The molecule has 0 aliphatic rings. The Morgan fingerprint density at radius 2 is 1.31 bits per heavy atom. The van der Waals surface area contributed by atoms with Gasteiger partial charge in [-0.15, -0.1) is 0 Å². The number of carbonyl (C=O) groups is 2. The van der Waals surface area contributed by atoms with E-state index in [1.165, 1.54) is 0 Å². The Labute approximate surface area is 213 Å². The fraction of sp³-hybridized carbons (Fsp3) is 0.333. The zero-order chi connectivity index (χ0) is 26.0. The minimum Gasteiger partial charge on any atom is -0.459 e. The summed E-state index contributed by atoms with van der Waals surface area (Å²) >= 11 is 0. The molecule has 0 radical (unpaired) electrons. The van der Waals surface area contributed by atoms with E-state index < -0.39 is 29.7 Å². The van der Waals surface area contributed by atoms with Crippen LogP contribution in [0, 0.1) is 5.92 Å². The maximum absolute atomic E-state index is 13.2. The van der Waals surface area contributed by atoms with Crippen molar-refractivity contribution in [3.05, 3.63) is 108 Å².